The number of hydrogen-bond donors (Lipinski definition) is 0. The molecule has 0 fully saturated rings. The predicted molar refractivity (Wildman–Crippen MR) is 128 cm³/mol. The first-order chi connectivity index (χ1) is 14.4. The molecule has 0 aliphatic carbocycles. The molecule has 0 bridgehead atoms. The Kier molecular flexibility index (Phi) is 17.5. The first-order valence-corrected chi connectivity index (χ1v) is 13.3. The van der Waals surface area contributed by atoms with Crippen molar-refractivity contribution in [2.24, 2.45) is 15.5 Å². The lowest BCUT2D eigenvalue weighted by molar-refractivity contribution is -0.0198. The lowest BCUT2D eigenvalue weighted by Gasteiger charge is -2.19. The van der Waals surface area contributed by atoms with Gasteiger partial charge in [0.05, 0.1) is 17.1 Å². The third-order valence-electron chi connectivity index (χ3n) is 4.62. The van der Waals surface area contributed by atoms with Gasteiger partial charge in [0.1, 0.15) is 0 Å². The molecule has 0 aromatic heterocycles. The Bertz CT molecular complexity index is 455. The van der Waals surface area contributed by atoms with Crippen molar-refractivity contribution in [3.8, 4) is 0 Å². The second kappa shape index (κ2) is 18.4. The normalized spacial score (nSPS) is 15.1. The second-order valence-electron chi connectivity index (χ2n) is 7.83. The number of oxime groups is 3. The molecule has 30 heavy (non-hydrogen) atoms. The summed E-state index contributed by atoms with van der Waals surface area (Å²) in [5.41, 5.74) is 2.62. The first kappa shape index (κ1) is 28.6. The van der Waals surface area contributed by atoms with E-state index < -0.39 is 9.05 Å². The standard InChI is InChI=1S/C22H45N3O4Si/c1-8-11-14-17-20(4)23-27-30(26-7,28-24-21(5)18-15-12-9-2)29-25-22(6)19-16-13-10-3/h8-19H2,1-7H3. The zero-order chi connectivity index (χ0) is 22.7. The molecular formula is C22H45N3O4Si. The summed E-state index contributed by atoms with van der Waals surface area (Å²) in [4.78, 5) is 0. The van der Waals surface area contributed by atoms with Crippen LogP contribution in [0.1, 0.15) is 119 Å². The number of unbranched alkanes of at least 4 members (excludes halogenated alkanes) is 6. The highest BCUT2D eigenvalue weighted by molar-refractivity contribution is 6.53. The first-order valence-electron chi connectivity index (χ1n) is 11.6. The topological polar surface area (TPSA) is 74.0 Å². The Morgan fingerprint density at radius 2 is 0.867 bits per heavy atom. The Hall–Kier alpha value is -1.41. The molecule has 0 radical (unpaired) electrons. The molecule has 7 nitrogen and oxygen atoms in total. The molecule has 176 valence electrons. The summed E-state index contributed by atoms with van der Waals surface area (Å²) in [6, 6.07) is 0. The van der Waals surface area contributed by atoms with Gasteiger partial charge >= 0.3 is 9.05 Å². The minimum absolute atomic E-state index is 0.862. The van der Waals surface area contributed by atoms with Crippen molar-refractivity contribution in [1.29, 1.82) is 0 Å². The van der Waals surface area contributed by atoms with Gasteiger partial charge in [0.2, 0.25) is 0 Å². The van der Waals surface area contributed by atoms with Crippen molar-refractivity contribution >= 4 is 26.2 Å². The smallest absolute Gasteiger partial charge is 0.351 e. The van der Waals surface area contributed by atoms with E-state index in [-0.39, 0.29) is 0 Å². The van der Waals surface area contributed by atoms with Crippen LogP contribution >= 0.6 is 0 Å². The molecule has 0 unspecified atom stereocenters. The van der Waals surface area contributed by atoms with Crippen LogP contribution in [0.25, 0.3) is 0 Å². The van der Waals surface area contributed by atoms with Gasteiger partial charge in [-0.1, -0.05) is 59.3 Å². The van der Waals surface area contributed by atoms with E-state index in [9.17, 15) is 0 Å². The van der Waals surface area contributed by atoms with Crippen molar-refractivity contribution in [3.63, 3.8) is 0 Å². The summed E-state index contributed by atoms with van der Waals surface area (Å²) < 4.78 is 22.5. The van der Waals surface area contributed by atoms with E-state index in [0.717, 1.165) is 94.2 Å². The van der Waals surface area contributed by atoms with Crippen LogP contribution in [0.5, 0.6) is 0 Å². The van der Waals surface area contributed by atoms with Crippen LogP contribution in [0, 0.1) is 0 Å². The van der Waals surface area contributed by atoms with Crippen LogP contribution in [0.4, 0.5) is 0 Å². The molecule has 0 atom stereocenters. The molecule has 0 aliphatic rings. The second-order valence-corrected chi connectivity index (χ2v) is 9.78. The van der Waals surface area contributed by atoms with Gasteiger partial charge in [0.15, 0.2) is 0 Å². The highest BCUT2D eigenvalue weighted by Gasteiger charge is 2.57. The molecule has 0 aliphatic heterocycles. The summed E-state index contributed by atoms with van der Waals surface area (Å²) in [5.74, 6) is 0. The maximum atomic E-state index is 5.67. The molecule has 8 heteroatoms. The summed E-state index contributed by atoms with van der Waals surface area (Å²) in [7, 11) is -2.18. The van der Waals surface area contributed by atoms with Crippen LogP contribution in [0.15, 0.2) is 15.5 Å². The van der Waals surface area contributed by atoms with E-state index in [0.29, 0.717) is 0 Å². The van der Waals surface area contributed by atoms with E-state index in [1.54, 1.807) is 0 Å². The maximum absolute atomic E-state index is 5.67. The molecule has 0 amide bonds. The Balaban J connectivity index is 5.19. The Labute approximate surface area is 185 Å². The van der Waals surface area contributed by atoms with Gasteiger partial charge in [0.25, 0.3) is 0 Å². The maximum Gasteiger partial charge on any atom is 0.957 e. The predicted octanol–water partition coefficient (Wildman–Crippen LogP) is 6.99. The third-order valence-corrected chi connectivity index (χ3v) is 6.06. The van der Waals surface area contributed by atoms with Crippen LogP contribution < -0.4 is 0 Å². The van der Waals surface area contributed by atoms with Gasteiger partial charge in [-0.15, -0.1) is 15.5 Å². The van der Waals surface area contributed by atoms with Crippen molar-refractivity contribution < 1.29 is 18.0 Å². The Morgan fingerprint density at radius 3 is 1.10 bits per heavy atom. The largest absolute Gasteiger partial charge is 0.957 e. The molecule has 0 aromatic carbocycles. The van der Waals surface area contributed by atoms with Gasteiger partial charge in [0, 0.05) is 7.11 Å². The molecule has 0 aromatic rings. The average Bonchev–Trinajstić information content (AvgIpc) is 2.74. The van der Waals surface area contributed by atoms with Crippen molar-refractivity contribution in [2.45, 2.75) is 119 Å². The zero-order valence-corrected chi connectivity index (χ0v) is 21.5. The number of hydrogen-bond acceptors (Lipinski definition) is 7. The van der Waals surface area contributed by atoms with Gasteiger partial charge < -0.3 is 18.0 Å². The molecule has 0 heterocycles. The molecule has 0 saturated heterocycles. The quantitative estimate of drug-likeness (QED) is 0.0933. The highest BCUT2D eigenvalue weighted by atomic mass is 28.4. The van der Waals surface area contributed by atoms with Crippen LogP contribution in [-0.4, -0.2) is 33.3 Å². The monoisotopic (exact) mass is 443 g/mol. The van der Waals surface area contributed by atoms with E-state index in [1.807, 2.05) is 20.8 Å². The van der Waals surface area contributed by atoms with Gasteiger partial charge in [-0.3, -0.25) is 0 Å². The van der Waals surface area contributed by atoms with Crippen molar-refractivity contribution in [3.05, 3.63) is 0 Å². The fraction of sp³-hybridized carbons (Fsp3) is 0.864. The van der Waals surface area contributed by atoms with Crippen molar-refractivity contribution in [1.82, 2.24) is 0 Å². The summed E-state index contributed by atoms with van der Waals surface area (Å²) in [6.45, 7) is 12.3. The number of nitrogens with zero attached hydrogens (tertiary/aromatic N) is 3. The minimum atomic E-state index is -3.66. The number of rotatable bonds is 19. The average molecular weight is 444 g/mol. The van der Waals surface area contributed by atoms with Crippen LogP contribution in [-0.2, 0) is 18.0 Å². The highest BCUT2D eigenvalue weighted by Crippen LogP contribution is 2.15. The van der Waals surface area contributed by atoms with E-state index in [4.69, 9.17) is 18.0 Å². The molecule has 0 saturated carbocycles. The molecule has 0 N–H and O–H groups in total. The fourth-order valence-electron chi connectivity index (χ4n) is 2.59. The lowest BCUT2D eigenvalue weighted by Crippen LogP contribution is -2.45. The van der Waals surface area contributed by atoms with E-state index >= 15 is 0 Å². The van der Waals surface area contributed by atoms with Crippen LogP contribution in [0.2, 0.25) is 0 Å². The minimum Gasteiger partial charge on any atom is -0.351 e. The molecule has 0 spiro atoms. The summed E-state index contributed by atoms with van der Waals surface area (Å²) in [6.07, 6.45) is 12.8. The van der Waals surface area contributed by atoms with Gasteiger partial charge in [-0.05, 0) is 59.3 Å². The van der Waals surface area contributed by atoms with Crippen LogP contribution in [0.3, 0.4) is 0 Å². The third kappa shape index (κ3) is 14.6. The lowest BCUT2D eigenvalue weighted by atomic mass is 10.1. The summed E-state index contributed by atoms with van der Waals surface area (Å²) in [5, 5.41) is 12.6. The molecular weight excluding hydrogens is 398 g/mol. The van der Waals surface area contributed by atoms with E-state index in [1.165, 1.54) is 7.11 Å². The zero-order valence-electron chi connectivity index (χ0n) is 20.5. The Morgan fingerprint density at radius 1 is 0.567 bits per heavy atom. The van der Waals surface area contributed by atoms with E-state index in [2.05, 4.69) is 36.2 Å². The summed E-state index contributed by atoms with van der Waals surface area (Å²) >= 11 is 0. The SMILES string of the molecule is CCCCCC(C)=NO[Si](OC)(ON=C(C)CCCCC)ON=C(C)CCCCC. The van der Waals surface area contributed by atoms with Crippen molar-refractivity contribution in [2.75, 3.05) is 7.11 Å². The van der Waals surface area contributed by atoms with Gasteiger partial charge in [-0.25, -0.2) is 0 Å². The fourth-order valence-corrected chi connectivity index (χ4v) is 3.72. The molecule has 0 rings (SSSR count). The van der Waals surface area contributed by atoms with Gasteiger partial charge in [-0.2, -0.15) is 0 Å².